The standard InChI is InChI=1S/C15H21N3O/c16-13-6-9-17(10-7-13)15(19)11-18-8-5-12-3-1-2-4-14(12)18/h1-4,13H,5-11,16H2. The van der Waals surface area contributed by atoms with Crippen LogP contribution in [0, 0.1) is 0 Å². The average molecular weight is 259 g/mol. The fourth-order valence-corrected chi connectivity index (χ4v) is 2.98. The number of nitrogens with two attached hydrogens (primary N) is 1. The third-order valence-electron chi connectivity index (χ3n) is 4.20. The van der Waals surface area contributed by atoms with E-state index in [9.17, 15) is 4.79 Å². The zero-order valence-corrected chi connectivity index (χ0v) is 11.2. The van der Waals surface area contributed by atoms with Gasteiger partial charge in [-0.05, 0) is 30.9 Å². The van der Waals surface area contributed by atoms with Crippen molar-refractivity contribution in [2.24, 2.45) is 5.73 Å². The number of carbonyl (C=O) groups excluding carboxylic acids is 1. The minimum Gasteiger partial charge on any atom is -0.362 e. The van der Waals surface area contributed by atoms with Crippen LogP contribution in [0.5, 0.6) is 0 Å². The number of para-hydroxylation sites is 1. The summed E-state index contributed by atoms with van der Waals surface area (Å²) in [6, 6.07) is 8.65. The number of benzene rings is 1. The molecule has 1 aromatic carbocycles. The lowest BCUT2D eigenvalue weighted by molar-refractivity contribution is -0.130. The zero-order valence-electron chi connectivity index (χ0n) is 11.2. The van der Waals surface area contributed by atoms with Crippen molar-refractivity contribution in [2.75, 3.05) is 31.1 Å². The first-order valence-corrected chi connectivity index (χ1v) is 7.10. The highest BCUT2D eigenvalue weighted by Gasteiger charge is 2.25. The van der Waals surface area contributed by atoms with Gasteiger partial charge < -0.3 is 15.5 Å². The van der Waals surface area contributed by atoms with Crippen LogP contribution < -0.4 is 10.6 Å². The van der Waals surface area contributed by atoms with Crippen LogP contribution in [-0.2, 0) is 11.2 Å². The summed E-state index contributed by atoms with van der Waals surface area (Å²) >= 11 is 0. The molecule has 1 fully saturated rings. The maximum absolute atomic E-state index is 12.3. The molecule has 4 nitrogen and oxygen atoms in total. The fraction of sp³-hybridized carbons (Fsp3) is 0.533. The topological polar surface area (TPSA) is 49.6 Å². The number of amides is 1. The van der Waals surface area contributed by atoms with Gasteiger partial charge in [-0.1, -0.05) is 18.2 Å². The number of anilines is 1. The summed E-state index contributed by atoms with van der Waals surface area (Å²) in [5.41, 5.74) is 8.46. The lowest BCUT2D eigenvalue weighted by Gasteiger charge is -2.32. The molecule has 0 spiro atoms. The number of fused-ring (bicyclic) bond motifs is 1. The maximum Gasteiger partial charge on any atom is 0.242 e. The van der Waals surface area contributed by atoms with Gasteiger partial charge in [-0.25, -0.2) is 0 Å². The van der Waals surface area contributed by atoms with Crippen molar-refractivity contribution in [2.45, 2.75) is 25.3 Å². The highest BCUT2D eigenvalue weighted by atomic mass is 16.2. The highest BCUT2D eigenvalue weighted by molar-refractivity contribution is 5.82. The number of hydrogen-bond acceptors (Lipinski definition) is 3. The second-order valence-corrected chi connectivity index (χ2v) is 5.52. The van der Waals surface area contributed by atoms with E-state index in [1.807, 2.05) is 11.0 Å². The van der Waals surface area contributed by atoms with Crippen LogP contribution in [0.25, 0.3) is 0 Å². The number of rotatable bonds is 2. The molecule has 0 unspecified atom stereocenters. The Bertz CT molecular complexity index is 466. The van der Waals surface area contributed by atoms with Crippen LogP contribution in [0.3, 0.4) is 0 Å². The molecule has 0 aromatic heterocycles. The Balaban J connectivity index is 1.62. The van der Waals surface area contributed by atoms with Gasteiger partial charge in [0.2, 0.25) is 5.91 Å². The van der Waals surface area contributed by atoms with Crippen molar-refractivity contribution in [1.82, 2.24) is 4.90 Å². The molecule has 0 radical (unpaired) electrons. The number of hydrogen-bond donors (Lipinski definition) is 1. The minimum absolute atomic E-state index is 0.239. The second-order valence-electron chi connectivity index (χ2n) is 5.52. The number of nitrogens with zero attached hydrogens (tertiary/aromatic N) is 2. The van der Waals surface area contributed by atoms with E-state index in [-0.39, 0.29) is 11.9 Å². The lowest BCUT2D eigenvalue weighted by Crippen LogP contribution is -2.46. The second kappa shape index (κ2) is 5.21. The van der Waals surface area contributed by atoms with Crippen LogP contribution >= 0.6 is 0 Å². The molecule has 0 atom stereocenters. The van der Waals surface area contributed by atoms with Gasteiger partial charge in [0.05, 0.1) is 6.54 Å². The summed E-state index contributed by atoms with van der Waals surface area (Å²) in [6.07, 6.45) is 2.92. The molecule has 2 heterocycles. The van der Waals surface area contributed by atoms with E-state index in [1.54, 1.807) is 0 Å². The van der Waals surface area contributed by atoms with Crippen molar-refractivity contribution in [3.63, 3.8) is 0 Å². The first-order valence-electron chi connectivity index (χ1n) is 7.10. The van der Waals surface area contributed by atoms with E-state index >= 15 is 0 Å². The molecular weight excluding hydrogens is 238 g/mol. The van der Waals surface area contributed by atoms with Crippen molar-refractivity contribution < 1.29 is 4.79 Å². The van der Waals surface area contributed by atoms with Gasteiger partial charge in [0.25, 0.3) is 0 Å². The Morgan fingerprint density at radius 2 is 1.95 bits per heavy atom. The van der Waals surface area contributed by atoms with E-state index in [1.165, 1.54) is 11.3 Å². The first kappa shape index (κ1) is 12.5. The number of carbonyl (C=O) groups is 1. The Labute approximate surface area is 114 Å². The molecule has 0 aliphatic carbocycles. The van der Waals surface area contributed by atoms with Crippen LogP contribution in [0.1, 0.15) is 18.4 Å². The molecular formula is C15H21N3O. The summed E-state index contributed by atoms with van der Waals surface area (Å²) in [5.74, 6) is 0.239. The van der Waals surface area contributed by atoms with Gasteiger partial charge >= 0.3 is 0 Å². The SMILES string of the molecule is NC1CCN(C(=O)CN2CCc3ccccc32)CC1. The predicted octanol–water partition coefficient (Wildman–Crippen LogP) is 0.999. The van der Waals surface area contributed by atoms with Crippen molar-refractivity contribution in [3.05, 3.63) is 29.8 Å². The van der Waals surface area contributed by atoms with Gasteiger partial charge in [0.15, 0.2) is 0 Å². The quantitative estimate of drug-likeness (QED) is 0.862. The monoisotopic (exact) mass is 259 g/mol. The molecule has 2 N–H and O–H groups in total. The summed E-state index contributed by atoms with van der Waals surface area (Å²) in [4.78, 5) is 16.5. The Hall–Kier alpha value is -1.55. The predicted molar refractivity (Wildman–Crippen MR) is 76.1 cm³/mol. The molecule has 19 heavy (non-hydrogen) atoms. The minimum atomic E-state index is 0.239. The summed E-state index contributed by atoms with van der Waals surface area (Å²) < 4.78 is 0. The highest BCUT2D eigenvalue weighted by Crippen LogP contribution is 2.27. The molecule has 0 bridgehead atoms. The average Bonchev–Trinajstić information content (AvgIpc) is 2.83. The van der Waals surface area contributed by atoms with Gasteiger partial charge in [0.1, 0.15) is 0 Å². The molecule has 3 rings (SSSR count). The summed E-state index contributed by atoms with van der Waals surface area (Å²) in [6.45, 7) is 3.09. The Morgan fingerprint density at radius 1 is 1.21 bits per heavy atom. The van der Waals surface area contributed by atoms with Gasteiger partial charge in [0, 0.05) is 31.4 Å². The smallest absolute Gasteiger partial charge is 0.242 e. The van der Waals surface area contributed by atoms with E-state index < -0.39 is 0 Å². The van der Waals surface area contributed by atoms with Gasteiger partial charge in [-0.3, -0.25) is 4.79 Å². The van der Waals surface area contributed by atoms with Crippen molar-refractivity contribution in [1.29, 1.82) is 0 Å². The van der Waals surface area contributed by atoms with Crippen LogP contribution in [0.2, 0.25) is 0 Å². The third kappa shape index (κ3) is 2.59. The van der Waals surface area contributed by atoms with Crippen LogP contribution in [0.15, 0.2) is 24.3 Å². The summed E-state index contributed by atoms with van der Waals surface area (Å²) in [5, 5.41) is 0. The molecule has 2 aliphatic heterocycles. The first-order chi connectivity index (χ1) is 9.24. The normalized spacial score (nSPS) is 19.6. The molecule has 4 heteroatoms. The molecule has 1 amide bonds. The Morgan fingerprint density at radius 3 is 2.74 bits per heavy atom. The third-order valence-corrected chi connectivity index (χ3v) is 4.20. The van der Waals surface area contributed by atoms with E-state index in [4.69, 9.17) is 5.73 Å². The molecule has 2 aliphatic rings. The fourth-order valence-electron chi connectivity index (χ4n) is 2.98. The molecule has 1 saturated heterocycles. The zero-order chi connectivity index (χ0) is 13.2. The van der Waals surface area contributed by atoms with E-state index in [0.29, 0.717) is 6.54 Å². The van der Waals surface area contributed by atoms with E-state index in [2.05, 4.69) is 23.1 Å². The molecule has 102 valence electrons. The maximum atomic E-state index is 12.3. The molecule has 1 aromatic rings. The number of piperidine rings is 1. The van der Waals surface area contributed by atoms with Crippen LogP contribution in [-0.4, -0.2) is 43.0 Å². The van der Waals surface area contributed by atoms with Gasteiger partial charge in [-0.15, -0.1) is 0 Å². The van der Waals surface area contributed by atoms with Crippen molar-refractivity contribution >= 4 is 11.6 Å². The number of likely N-dealkylation sites (tertiary alicyclic amines) is 1. The molecule has 0 saturated carbocycles. The largest absolute Gasteiger partial charge is 0.362 e. The van der Waals surface area contributed by atoms with E-state index in [0.717, 1.165) is 38.9 Å². The van der Waals surface area contributed by atoms with Crippen LogP contribution in [0.4, 0.5) is 5.69 Å². The lowest BCUT2D eigenvalue weighted by atomic mass is 10.1. The van der Waals surface area contributed by atoms with Crippen molar-refractivity contribution in [3.8, 4) is 0 Å². The van der Waals surface area contributed by atoms with Gasteiger partial charge in [-0.2, -0.15) is 0 Å². The Kier molecular flexibility index (Phi) is 3.42. The summed E-state index contributed by atoms with van der Waals surface area (Å²) in [7, 11) is 0.